The number of para-hydroxylation sites is 2. The van der Waals surface area contributed by atoms with Crippen molar-refractivity contribution in [2.75, 3.05) is 0 Å². The molecule has 0 fully saturated rings. The van der Waals surface area contributed by atoms with Gasteiger partial charge in [0.2, 0.25) is 5.89 Å². The van der Waals surface area contributed by atoms with Crippen molar-refractivity contribution in [2.45, 2.75) is 0 Å². The van der Waals surface area contributed by atoms with Crippen molar-refractivity contribution in [3.8, 4) is 62.4 Å². The Bertz CT molecular complexity index is 3230. The zero-order chi connectivity index (χ0) is 37.0. The molecule has 8 aromatic carbocycles. The Labute approximate surface area is 322 Å². The number of benzene rings is 8. The highest BCUT2D eigenvalue weighted by Gasteiger charge is 2.24. The van der Waals surface area contributed by atoms with E-state index >= 15 is 0 Å². The van der Waals surface area contributed by atoms with Gasteiger partial charge in [-0.1, -0.05) is 140 Å². The van der Waals surface area contributed by atoms with Gasteiger partial charge in [0, 0.05) is 44.1 Å². The van der Waals surface area contributed by atoms with Gasteiger partial charge in [-0.15, -0.1) is 0 Å². The first-order valence-electron chi connectivity index (χ1n) is 18.6. The number of aromatic nitrogens is 5. The Balaban J connectivity index is 1.24. The molecule has 262 valence electrons. The van der Waals surface area contributed by atoms with Crippen LogP contribution in [-0.4, -0.2) is 24.5 Å². The van der Waals surface area contributed by atoms with Gasteiger partial charge in [0.25, 0.3) is 0 Å². The monoisotopic (exact) mass is 717 g/mol. The van der Waals surface area contributed by atoms with E-state index in [4.69, 9.17) is 24.4 Å². The first-order valence-corrected chi connectivity index (χ1v) is 18.6. The zero-order valence-electron chi connectivity index (χ0n) is 30.0. The van der Waals surface area contributed by atoms with Crippen LogP contribution >= 0.6 is 0 Å². The summed E-state index contributed by atoms with van der Waals surface area (Å²) in [6.45, 7) is 0. The molecule has 0 aliphatic carbocycles. The van der Waals surface area contributed by atoms with E-state index in [0.29, 0.717) is 23.4 Å². The standard InChI is InChI=1S/C50H31N5O/c1-5-16-32(17-6-1)35-22-15-23-36(30-35)48-52-47(33-18-7-2-8-19-33)53-49(54-48)40-31-41-46(56-50(51-41)34-20-9-3-10-21-34)45-38(40)28-29-43-44(45)39-26-13-14-27-42(39)55(43)37-24-11-4-12-25-37/h1-31H. The van der Waals surface area contributed by atoms with Gasteiger partial charge in [-0.25, -0.2) is 19.9 Å². The van der Waals surface area contributed by atoms with Crippen LogP contribution in [0.25, 0.3) is 106 Å². The summed E-state index contributed by atoms with van der Waals surface area (Å²) in [4.78, 5) is 20.7. The Morgan fingerprint density at radius 2 is 0.964 bits per heavy atom. The highest BCUT2D eigenvalue weighted by molar-refractivity contribution is 6.29. The van der Waals surface area contributed by atoms with Gasteiger partial charge in [-0.2, -0.15) is 0 Å². The number of fused-ring (bicyclic) bond motifs is 7. The molecule has 0 radical (unpaired) electrons. The van der Waals surface area contributed by atoms with Crippen LogP contribution in [0.4, 0.5) is 0 Å². The zero-order valence-corrected chi connectivity index (χ0v) is 30.0. The van der Waals surface area contributed by atoms with Gasteiger partial charge < -0.3 is 8.98 Å². The molecule has 6 nitrogen and oxygen atoms in total. The Morgan fingerprint density at radius 1 is 0.375 bits per heavy atom. The van der Waals surface area contributed by atoms with Gasteiger partial charge >= 0.3 is 0 Å². The lowest BCUT2D eigenvalue weighted by Crippen LogP contribution is -2.01. The normalized spacial score (nSPS) is 11.6. The summed E-state index contributed by atoms with van der Waals surface area (Å²) in [5, 5.41) is 4.13. The smallest absolute Gasteiger partial charge is 0.227 e. The maximum atomic E-state index is 6.80. The molecule has 0 unspecified atom stereocenters. The van der Waals surface area contributed by atoms with E-state index in [1.807, 2.05) is 72.8 Å². The molecule has 0 spiro atoms. The predicted octanol–water partition coefficient (Wildman–Crippen LogP) is 12.6. The molecule has 0 aliphatic heterocycles. The second kappa shape index (κ2) is 13.0. The third kappa shape index (κ3) is 5.27. The van der Waals surface area contributed by atoms with E-state index in [1.165, 1.54) is 0 Å². The number of hydrogen-bond donors (Lipinski definition) is 0. The number of hydrogen-bond acceptors (Lipinski definition) is 5. The minimum atomic E-state index is 0.557. The SMILES string of the molecule is c1ccc(-c2cccc(-c3nc(-c4ccccc4)nc(-c4cc5nc(-c6ccccc6)oc5c5c4ccc4c5c5ccccc5n4-c4ccccc4)n3)c2)cc1. The minimum Gasteiger partial charge on any atom is -0.435 e. The summed E-state index contributed by atoms with van der Waals surface area (Å²) in [5.41, 5.74) is 10.5. The van der Waals surface area contributed by atoms with E-state index < -0.39 is 0 Å². The van der Waals surface area contributed by atoms with E-state index in [-0.39, 0.29) is 0 Å². The topological polar surface area (TPSA) is 69.6 Å². The molecule has 0 N–H and O–H groups in total. The van der Waals surface area contributed by atoms with Crippen LogP contribution in [-0.2, 0) is 0 Å². The lowest BCUT2D eigenvalue weighted by molar-refractivity contribution is 0.623. The second-order valence-electron chi connectivity index (χ2n) is 13.8. The molecule has 3 heterocycles. The number of oxazole rings is 1. The average Bonchev–Trinajstić information content (AvgIpc) is 3.87. The van der Waals surface area contributed by atoms with Crippen molar-refractivity contribution >= 4 is 43.7 Å². The molecule has 0 bridgehead atoms. The second-order valence-corrected chi connectivity index (χ2v) is 13.8. The van der Waals surface area contributed by atoms with E-state index in [0.717, 1.165) is 82.7 Å². The quantitative estimate of drug-likeness (QED) is 0.171. The van der Waals surface area contributed by atoms with Gasteiger partial charge in [0.1, 0.15) is 5.52 Å². The fraction of sp³-hybridized carbons (Fsp3) is 0. The van der Waals surface area contributed by atoms with Crippen molar-refractivity contribution in [1.29, 1.82) is 0 Å². The summed E-state index contributed by atoms with van der Waals surface area (Å²) >= 11 is 0. The fourth-order valence-electron chi connectivity index (χ4n) is 7.90. The molecule has 11 rings (SSSR count). The first kappa shape index (κ1) is 31.8. The molecular weight excluding hydrogens is 687 g/mol. The van der Waals surface area contributed by atoms with E-state index in [9.17, 15) is 0 Å². The predicted molar refractivity (Wildman–Crippen MR) is 226 cm³/mol. The molecule has 0 saturated heterocycles. The highest BCUT2D eigenvalue weighted by Crippen LogP contribution is 2.44. The van der Waals surface area contributed by atoms with Crippen LogP contribution in [0.2, 0.25) is 0 Å². The summed E-state index contributed by atoms with van der Waals surface area (Å²) in [6, 6.07) is 64.4. The molecule has 0 saturated carbocycles. The Kier molecular flexibility index (Phi) is 7.38. The van der Waals surface area contributed by atoms with Gasteiger partial charge in [0.15, 0.2) is 23.1 Å². The van der Waals surface area contributed by atoms with Gasteiger partial charge in [0.05, 0.1) is 11.0 Å². The van der Waals surface area contributed by atoms with Crippen LogP contribution in [0.3, 0.4) is 0 Å². The molecule has 0 amide bonds. The summed E-state index contributed by atoms with van der Waals surface area (Å²) < 4.78 is 9.12. The lowest BCUT2D eigenvalue weighted by Gasteiger charge is -2.12. The van der Waals surface area contributed by atoms with Crippen LogP contribution in [0.5, 0.6) is 0 Å². The van der Waals surface area contributed by atoms with Crippen molar-refractivity contribution in [3.63, 3.8) is 0 Å². The maximum Gasteiger partial charge on any atom is 0.227 e. The summed E-state index contributed by atoms with van der Waals surface area (Å²) in [6.07, 6.45) is 0. The third-order valence-corrected chi connectivity index (χ3v) is 10.5. The van der Waals surface area contributed by atoms with Crippen molar-refractivity contribution in [3.05, 3.63) is 188 Å². The highest BCUT2D eigenvalue weighted by atomic mass is 16.3. The maximum absolute atomic E-state index is 6.80. The average molecular weight is 718 g/mol. The molecule has 56 heavy (non-hydrogen) atoms. The number of nitrogens with zero attached hydrogens (tertiary/aromatic N) is 5. The van der Waals surface area contributed by atoms with Crippen LogP contribution < -0.4 is 0 Å². The van der Waals surface area contributed by atoms with Crippen molar-refractivity contribution in [1.82, 2.24) is 24.5 Å². The number of rotatable bonds is 6. The van der Waals surface area contributed by atoms with Crippen molar-refractivity contribution < 1.29 is 4.42 Å². The van der Waals surface area contributed by atoms with E-state index in [1.54, 1.807) is 0 Å². The Morgan fingerprint density at radius 3 is 1.71 bits per heavy atom. The molecule has 11 aromatic rings. The molecule has 3 aromatic heterocycles. The minimum absolute atomic E-state index is 0.557. The molecule has 0 aliphatic rings. The van der Waals surface area contributed by atoms with Crippen molar-refractivity contribution in [2.24, 2.45) is 0 Å². The summed E-state index contributed by atoms with van der Waals surface area (Å²) in [7, 11) is 0. The molecule has 0 atom stereocenters. The molecular formula is C50H31N5O. The van der Waals surface area contributed by atoms with Crippen LogP contribution in [0.1, 0.15) is 0 Å². The molecule has 6 heteroatoms. The third-order valence-electron chi connectivity index (χ3n) is 10.5. The Hall–Kier alpha value is -7.70. The largest absolute Gasteiger partial charge is 0.435 e. The van der Waals surface area contributed by atoms with Gasteiger partial charge in [-0.3, -0.25) is 0 Å². The lowest BCUT2D eigenvalue weighted by atomic mass is 9.98. The summed E-state index contributed by atoms with van der Waals surface area (Å²) in [5.74, 6) is 2.30. The fourth-order valence-corrected chi connectivity index (χ4v) is 7.90. The first-order chi connectivity index (χ1) is 27.8. The van der Waals surface area contributed by atoms with Crippen LogP contribution in [0, 0.1) is 0 Å². The van der Waals surface area contributed by atoms with E-state index in [2.05, 4.69) is 120 Å². The van der Waals surface area contributed by atoms with Gasteiger partial charge in [-0.05, 0) is 65.0 Å². The van der Waals surface area contributed by atoms with Crippen LogP contribution in [0.15, 0.2) is 192 Å².